The van der Waals surface area contributed by atoms with E-state index in [0.29, 0.717) is 17.8 Å². The van der Waals surface area contributed by atoms with Crippen LogP contribution in [0.15, 0.2) is 22.6 Å². The van der Waals surface area contributed by atoms with Gasteiger partial charge in [0.25, 0.3) is 0 Å². The Morgan fingerprint density at radius 3 is 3.14 bits per heavy atom. The third-order valence-electron chi connectivity index (χ3n) is 1.77. The van der Waals surface area contributed by atoms with Crippen molar-refractivity contribution >= 4 is 17.4 Å². The number of hydrogen-bond donors (Lipinski definition) is 0. The molecule has 68 valence electrons. The van der Waals surface area contributed by atoms with Gasteiger partial charge in [0.05, 0.1) is 0 Å². The highest BCUT2D eigenvalue weighted by atomic mass is 16.3. The fourth-order valence-electron chi connectivity index (χ4n) is 1.23. The third-order valence-corrected chi connectivity index (χ3v) is 1.77. The van der Waals surface area contributed by atoms with Crippen LogP contribution >= 0.6 is 0 Å². The molecule has 3 nitrogen and oxygen atoms in total. The van der Waals surface area contributed by atoms with Crippen LogP contribution in [0, 0.1) is 18.8 Å². The van der Waals surface area contributed by atoms with Gasteiger partial charge in [0.1, 0.15) is 5.52 Å². The Morgan fingerprint density at radius 1 is 1.50 bits per heavy atom. The minimum Gasteiger partial charge on any atom is -0.441 e. The van der Waals surface area contributed by atoms with Gasteiger partial charge in [-0.3, -0.25) is 4.79 Å². The van der Waals surface area contributed by atoms with Crippen LogP contribution in [0.1, 0.15) is 11.5 Å². The Bertz CT molecular complexity index is 543. The average Bonchev–Trinajstić information content (AvgIpc) is 2.54. The van der Waals surface area contributed by atoms with Gasteiger partial charge in [0.2, 0.25) is 0 Å². The Kier molecular flexibility index (Phi) is 2.04. The topological polar surface area (TPSA) is 43.1 Å². The molecule has 0 radical (unpaired) electrons. The minimum atomic E-state index is 0.565. The second-order valence-corrected chi connectivity index (χ2v) is 2.80. The molecule has 0 amide bonds. The highest BCUT2D eigenvalue weighted by Crippen LogP contribution is 2.16. The van der Waals surface area contributed by atoms with Crippen LogP contribution in [0.3, 0.4) is 0 Å². The summed E-state index contributed by atoms with van der Waals surface area (Å²) >= 11 is 0. The number of carbonyl (C=O) groups is 1. The van der Waals surface area contributed by atoms with Crippen molar-refractivity contribution in [2.24, 2.45) is 0 Å². The molecule has 0 aliphatic heterocycles. The maximum atomic E-state index is 10.0. The zero-order valence-electron chi connectivity index (χ0n) is 7.57. The second kappa shape index (κ2) is 3.35. The molecule has 0 N–H and O–H groups in total. The van der Waals surface area contributed by atoms with E-state index in [2.05, 4.69) is 16.8 Å². The molecule has 1 aromatic heterocycles. The number of fused-ring (bicyclic) bond motifs is 1. The maximum Gasteiger partial charge on any atom is 0.193 e. The van der Waals surface area contributed by atoms with E-state index in [1.54, 1.807) is 19.1 Å². The molecule has 0 saturated carbocycles. The summed E-state index contributed by atoms with van der Waals surface area (Å²) in [4.78, 5) is 14.2. The molecule has 0 fully saturated rings. The van der Waals surface area contributed by atoms with Crippen LogP contribution in [0.4, 0.5) is 0 Å². The summed E-state index contributed by atoms with van der Waals surface area (Å²) in [5, 5.41) is 0. The largest absolute Gasteiger partial charge is 0.441 e. The molecule has 2 aromatic rings. The van der Waals surface area contributed by atoms with Gasteiger partial charge < -0.3 is 4.42 Å². The van der Waals surface area contributed by atoms with E-state index in [9.17, 15) is 4.79 Å². The first-order valence-electron chi connectivity index (χ1n) is 4.12. The first-order chi connectivity index (χ1) is 6.79. The number of aromatic nitrogens is 1. The number of nitrogens with zero attached hydrogens (tertiary/aromatic N) is 1. The van der Waals surface area contributed by atoms with Crippen LogP contribution in [-0.2, 0) is 4.79 Å². The maximum absolute atomic E-state index is 10.0. The lowest BCUT2D eigenvalue weighted by atomic mass is 10.2. The summed E-state index contributed by atoms with van der Waals surface area (Å²) in [5.41, 5.74) is 2.25. The van der Waals surface area contributed by atoms with Gasteiger partial charge in [-0.2, -0.15) is 0 Å². The molecule has 1 aromatic carbocycles. The van der Waals surface area contributed by atoms with E-state index >= 15 is 0 Å². The summed E-state index contributed by atoms with van der Waals surface area (Å²) in [7, 11) is 0. The number of oxazole rings is 1. The van der Waals surface area contributed by atoms with E-state index in [0.717, 1.165) is 11.1 Å². The van der Waals surface area contributed by atoms with Crippen LogP contribution in [-0.4, -0.2) is 11.3 Å². The molecule has 0 saturated heterocycles. The monoisotopic (exact) mass is 185 g/mol. The van der Waals surface area contributed by atoms with Crippen LogP contribution < -0.4 is 0 Å². The van der Waals surface area contributed by atoms with Gasteiger partial charge in [-0.15, -0.1) is 0 Å². The summed E-state index contributed by atoms with van der Waals surface area (Å²) < 4.78 is 5.32. The lowest BCUT2D eigenvalue weighted by Crippen LogP contribution is -1.74. The zero-order valence-corrected chi connectivity index (χ0v) is 7.57. The molecule has 2 rings (SSSR count). The normalized spacial score (nSPS) is 9.50. The van der Waals surface area contributed by atoms with Crippen molar-refractivity contribution in [1.29, 1.82) is 0 Å². The van der Waals surface area contributed by atoms with Crippen molar-refractivity contribution in [3.05, 3.63) is 29.7 Å². The zero-order chi connectivity index (χ0) is 9.97. The lowest BCUT2D eigenvalue weighted by Gasteiger charge is -1.87. The fraction of sp³-hybridized carbons (Fsp3) is 0.0909. The molecule has 0 atom stereocenters. The highest BCUT2D eigenvalue weighted by Gasteiger charge is 2.01. The summed E-state index contributed by atoms with van der Waals surface area (Å²) in [5.74, 6) is 5.66. The molecule has 3 heteroatoms. The molecule has 0 bridgehead atoms. The quantitative estimate of drug-likeness (QED) is 0.463. The number of aryl methyl sites for hydroxylation is 1. The van der Waals surface area contributed by atoms with E-state index in [1.807, 2.05) is 6.07 Å². The summed E-state index contributed by atoms with van der Waals surface area (Å²) in [6, 6.07) is 5.40. The van der Waals surface area contributed by atoms with Crippen LogP contribution in [0.5, 0.6) is 0 Å². The smallest absolute Gasteiger partial charge is 0.193 e. The molecular formula is C11H7NO2. The van der Waals surface area contributed by atoms with Crippen molar-refractivity contribution < 1.29 is 9.21 Å². The Balaban J connectivity index is 2.55. The molecule has 0 unspecified atom stereocenters. The molecule has 0 spiro atoms. The van der Waals surface area contributed by atoms with E-state index in [4.69, 9.17) is 4.42 Å². The molecule has 0 aliphatic carbocycles. The lowest BCUT2D eigenvalue weighted by molar-refractivity contribution is -0.103. The average molecular weight is 185 g/mol. The number of rotatable bonds is 0. The Hall–Kier alpha value is -2.08. The Morgan fingerprint density at radius 2 is 2.36 bits per heavy atom. The number of benzene rings is 1. The number of carbonyl (C=O) groups excluding carboxylic acids is 1. The van der Waals surface area contributed by atoms with E-state index in [-0.39, 0.29) is 0 Å². The van der Waals surface area contributed by atoms with Gasteiger partial charge in [0.15, 0.2) is 17.8 Å². The van der Waals surface area contributed by atoms with E-state index in [1.165, 1.54) is 0 Å². The van der Waals surface area contributed by atoms with Crippen LogP contribution in [0.2, 0.25) is 0 Å². The van der Waals surface area contributed by atoms with Gasteiger partial charge in [-0.1, -0.05) is 5.92 Å². The highest BCUT2D eigenvalue weighted by molar-refractivity contribution is 5.77. The van der Waals surface area contributed by atoms with Crippen molar-refractivity contribution in [3.8, 4) is 11.8 Å². The fourth-order valence-corrected chi connectivity index (χ4v) is 1.23. The second-order valence-electron chi connectivity index (χ2n) is 2.80. The minimum absolute atomic E-state index is 0.565. The molecule has 0 aliphatic rings. The standard InChI is InChI=1S/C11H7NO2/c1-8-12-10-5-4-9(3-2-6-13)7-11(10)14-8/h4-7H,1H3. The van der Waals surface area contributed by atoms with Crippen molar-refractivity contribution in [2.45, 2.75) is 6.92 Å². The van der Waals surface area contributed by atoms with Crippen molar-refractivity contribution in [3.63, 3.8) is 0 Å². The predicted octanol–water partition coefficient (Wildman–Crippen LogP) is 1.69. The third kappa shape index (κ3) is 1.50. The van der Waals surface area contributed by atoms with Gasteiger partial charge in [-0.25, -0.2) is 4.98 Å². The van der Waals surface area contributed by atoms with Gasteiger partial charge in [0, 0.05) is 12.5 Å². The van der Waals surface area contributed by atoms with Crippen LogP contribution in [0.25, 0.3) is 11.1 Å². The summed E-state index contributed by atoms with van der Waals surface area (Å²) in [6.07, 6.45) is 0.565. The number of aldehydes is 1. The van der Waals surface area contributed by atoms with Gasteiger partial charge >= 0.3 is 0 Å². The first-order valence-corrected chi connectivity index (χ1v) is 4.12. The first kappa shape index (κ1) is 8.52. The molecule has 14 heavy (non-hydrogen) atoms. The summed E-state index contributed by atoms with van der Waals surface area (Å²) in [6.45, 7) is 1.79. The molecular weight excluding hydrogens is 178 g/mol. The predicted molar refractivity (Wildman–Crippen MR) is 51.7 cm³/mol. The Labute approximate surface area is 80.7 Å². The number of hydrogen-bond acceptors (Lipinski definition) is 3. The van der Waals surface area contributed by atoms with E-state index < -0.39 is 0 Å². The van der Waals surface area contributed by atoms with Crippen molar-refractivity contribution in [1.82, 2.24) is 4.98 Å². The van der Waals surface area contributed by atoms with Gasteiger partial charge in [-0.05, 0) is 24.1 Å². The van der Waals surface area contributed by atoms with Crippen molar-refractivity contribution in [2.75, 3.05) is 0 Å². The SMILES string of the molecule is Cc1nc2ccc(C#CC=O)cc2o1. The molecule has 1 heterocycles.